The van der Waals surface area contributed by atoms with Gasteiger partial charge in [-0.3, -0.25) is 14.5 Å². The SMILES string of the molecule is CC(c1ccc(C#N)cc1)N(C)C[C@@H]1CCCN(C)[C@H]1c1cnn(C)c1. The van der Waals surface area contributed by atoms with Crippen LogP contribution < -0.4 is 0 Å². The van der Waals surface area contributed by atoms with Crippen molar-refractivity contribution in [3.8, 4) is 6.07 Å². The second-order valence-corrected chi connectivity index (χ2v) is 7.62. The molecule has 1 aliphatic rings. The summed E-state index contributed by atoms with van der Waals surface area (Å²) in [5, 5.41) is 13.4. The molecule has 1 saturated heterocycles. The summed E-state index contributed by atoms with van der Waals surface area (Å²) in [5.41, 5.74) is 3.29. The zero-order valence-corrected chi connectivity index (χ0v) is 16.3. The molecule has 2 aromatic rings. The van der Waals surface area contributed by atoms with Gasteiger partial charge in [-0.1, -0.05) is 12.1 Å². The predicted molar refractivity (Wildman–Crippen MR) is 104 cm³/mol. The van der Waals surface area contributed by atoms with Crippen molar-refractivity contribution >= 4 is 0 Å². The van der Waals surface area contributed by atoms with Gasteiger partial charge in [0.05, 0.1) is 17.8 Å². The molecule has 5 nitrogen and oxygen atoms in total. The summed E-state index contributed by atoms with van der Waals surface area (Å²) in [4.78, 5) is 4.92. The number of hydrogen-bond acceptors (Lipinski definition) is 4. The van der Waals surface area contributed by atoms with E-state index in [0.717, 1.165) is 13.1 Å². The van der Waals surface area contributed by atoms with E-state index in [0.29, 0.717) is 23.6 Å². The monoisotopic (exact) mass is 351 g/mol. The van der Waals surface area contributed by atoms with E-state index >= 15 is 0 Å². The lowest BCUT2D eigenvalue weighted by Gasteiger charge is -2.41. The normalized spacial score (nSPS) is 22.3. The van der Waals surface area contributed by atoms with Crippen LogP contribution in [-0.2, 0) is 7.05 Å². The molecule has 26 heavy (non-hydrogen) atoms. The molecule has 3 atom stereocenters. The van der Waals surface area contributed by atoms with Crippen LogP contribution in [0.1, 0.15) is 48.5 Å². The Labute approximate surface area is 156 Å². The quantitative estimate of drug-likeness (QED) is 0.829. The largest absolute Gasteiger partial charge is 0.299 e. The van der Waals surface area contributed by atoms with E-state index in [2.05, 4.69) is 60.3 Å². The summed E-state index contributed by atoms with van der Waals surface area (Å²) >= 11 is 0. The summed E-state index contributed by atoms with van der Waals surface area (Å²) in [7, 11) is 6.42. The van der Waals surface area contributed by atoms with Crippen molar-refractivity contribution in [1.29, 1.82) is 5.26 Å². The molecule has 1 unspecified atom stereocenters. The highest BCUT2D eigenvalue weighted by Gasteiger charge is 2.32. The number of hydrogen-bond donors (Lipinski definition) is 0. The van der Waals surface area contributed by atoms with Gasteiger partial charge in [-0.05, 0) is 64.0 Å². The molecule has 0 spiro atoms. The first kappa shape index (κ1) is 18.6. The fourth-order valence-electron chi connectivity index (χ4n) is 4.19. The van der Waals surface area contributed by atoms with Gasteiger partial charge in [0.2, 0.25) is 0 Å². The van der Waals surface area contributed by atoms with Gasteiger partial charge < -0.3 is 0 Å². The summed E-state index contributed by atoms with van der Waals surface area (Å²) in [6.45, 7) is 4.43. The van der Waals surface area contributed by atoms with Crippen LogP contribution in [0.3, 0.4) is 0 Å². The van der Waals surface area contributed by atoms with Crippen molar-refractivity contribution in [2.75, 3.05) is 27.2 Å². The first-order valence-corrected chi connectivity index (χ1v) is 9.38. The number of rotatable bonds is 5. The minimum atomic E-state index is 0.324. The first-order valence-electron chi connectivity index (χ1n) is 9.38. The third-order valence-electron chi connectivity index (χ3n) is 5.78. The van der Waals surface area contributed by atoms with E-state index in [1.54, 1.807) is 0 Å². The number of aryl methyl sites for hydroxylation is 1. The van der Waals surface area contributed by atoms with Gasteiger partial charge >= 0.3 is 0 Å². The number of aromatic nitrogens is 2. The van der Waals surface area contributed by atoms with Gasteiger partial charge in [0, 0.05) is 37.4 Å². The highest BCUT2D eigenvalue weighted by molar-refractivity contribution is 5.32. The van der Waals surface area contributed by atoms with E-state index in [9.17, 15) is 0 Å². The summed E-state index contributed by atoms with van der Waals surface area (Å²) in [6, 6.07) is 10.9. The molecule has 0 radical (unpaired) electrons. The van der Waals surface area contributed by atoms with Crippen LogP contribution in [-0.4, -0.2) is 46.8 Å². The maximum Gasteiger partial charge on any atom is 0.0991 e. The number of nitrogens with zero attached hydrogens (tertiary/aromatic N) is 5. The van der Waals surface area contributed by atoms with Crippen LogP contribution in [0.5, 0.6) is 0 Å². The molecule has 0 aliphatic carbocycles. The Morgan fingerprint density at radius 2 is 2.04 bits per heavy atom. The number of piperidine rings is 1. The first-order chi connectivity index (χ1) is 12.5. The molecular weight excluding hydrogens is 322 g/mol. The number of benzene rings is 1. The Morgan fingerprint density at radius 3 is 2.65 bits per heavy atom. The van der Waals surface area contributed by atoms with E-state index in [-0.39, 0.29) is 0 Å². The van der Waals surface area contributed by atoms with E-state index in [1.807, 2.05) is 30.1 Å². The summed E-state index contributed by atoms with van der Waals surface area (Å²) < 4.78 is 1.90. The Bertz CT molecular complexity index is 757. The molecule has 1 aromatic heterocycles. The molecule has 0 saturated carbocycles. The average molecular weight is 351 g/mol. The zero-order chi connectivity index (χ0) is 18.7. The van der Waals surface area contributed by atoms with Crippen LogP contribution in [0.4, 0.5) is 0 Å². The lowest BCUT2D eigenvalue weighted by atomic mass is 9.85. The molecule has 2 heterocycles. The smallest absolute Gasteiger partial charge is 0.0991 e. The molecule has 1 aliphatic heterocycles. The second-order valence-electron chi connectivity index (χ2n) is 7.62. The van der Waals surface area contributed by atoms with E-state index in [1.165, 1.54) is 24.0 Å². The Kier molecular flexibility index (Phi) is 5.75. The minimum Gasteiger partial charge on any atom is -0.299 e. The molecule has 0 amide bonds. The number of nitriles is 1. The molecule has 3 rings (SSSR count). The van der Waals surface area contributed by atoms with Crippen molar-refractivity contribution in [3.05, 3.63) is 53.3 Å². The molecule has 1 aromatic carbocycles. The van der Waals surface area contributed by atoms with Gasteiger partial charge in [0.1, 0.15) is 0 Å². The third-order valence-corrected chi connectivity index (χ3v) is 5.78. The Balaban J connectivity index is 1.73. The van der Waals surface area contributed by atoms with E-state index in [4.69, 9.17) is 5.26 Å². The topological polar surface area (TPSA) is 48.1 Å². The van der Waals surface area contributed by atoms with Gasteiger partial charge in [-0.2, -0.15) is 10.4 Å². The van der Waals surface area contributed by atoms with Gasteiger partial charge in [0.25, 0.3) is 0 Å². The van der Waals surface area contributed by atoms with Crippen molar-refractivity contribution in [2.45, 2.75) is 31.8 Å². The molecule has 5 heteroatoms. The maximum atomic E-state index is 8.98. The average Bonchev–Trinajstić information content (AvgIpc) is 3.07. The van der Waals surface area contributed by atoms with Crippen LogP contribution in [0.25, 0.3) is 0 Å². The standard InChI is InChI=1S/C21H29N5/c1-16(18-9-7-17(12-22)8-10-18)25(3)14-19-6-5-11-24(2)21(19)20-13-23-26(4)15-20/h7-10,13,15-16,19,21H,5-6,11,14H2,1-4H3/t16?,19-,21+/m0/s1. The van der Waals surface area contributed by atoms with Crippen LogP contribution in [0, 0.1) is 17.2 Å². The number of likely N-dealkylation sites (tertiary alicyclic amines) is 1. The van der Waals surface area contributed by atoms with Gasteiger partial charge in [-0.25, -0.2) is 0 Å². The zero-order valence-electron chi connectivity index (χ0n) is 16.3. The molecule has 138 valence electrons. The molecule has 0 bridgehead atoms. The van der Waals surface area contributed by atoms with Crippen LogP contribution in [0.15, 0.2) is 36.7 Å². The van der Waals surface area contributed by atoms with Crippen molar-refractivity contribution < 1.29 is 0 Å². The molecular formula is C21H29N5. The second kappa shape index (κ2) is 8.03. The van der Waals surface area contributed by atoms with Crippen molar-refractivity contribution in [2.24, 2.45) is 13.0 Å². The third kappa shape index (κ3) is 3.98. The maximum absolute atomic E-state index is 8.98. The summed E-state index contributed by atoms with van der Waals surface area (Å²) in [6.07, 6.45) is 6.67. The van der Waals surface area contributed by atoms with Crippen LogP contribution in [0.2, 0.25) is 0 Å². The van der Waals surface area contributed by atoms with Gasteiger partial charge in [0.15, 0.2) is 0 Å². The molecule has 0 N–H and O–H groups in total. The van der Waals surface area contributed by atoms with Crippen LogP contribution >= 0.6 is 0 Å². The highest BCUT2D eigenvalue weighted by atomic mass is 15.3. The Morgan fingerprint density at radius 1 is 1.31 bits per heavy atom. The fourth-order valence-corrected chi connectivity index (χ4v) is 4.19. The van der Waals surface area contributed by atoms with E-state index < -0.39 is 0 Å². The van der Waals surface area contributed by atoms with Crippen molar-refractivity contribution in [1.82, 2.24) is 19.6 Å². The Hall–Kier alpha value is -2.16. The lowest BCUT2D eigenvalue weighted by molar-refractivity contribution is 0.0839. The highest BCUT2D eigenvalue weighted by Crippen LogP contribution is 2.36. The van der Waals surface area contributed by atoms with Crippen molar-refractivity contribution in [3.63, 3.8) is 0 Å². The fraction of sp³-hybridized carbons (Fsp3) is 0.524. The minimum absolute atomic E-state index is 0.324. The summed E-state index contributed by atoms with van der Waals surface area (Å²) in [5.74, 6) is 0.587. The predicted octanol–water partition coefficient (Wildman–Crippen LogP) is 3.37. The molecule has 1 fully saturated rings. The van der Waals surface area contributed by atoms with Gasteiger partial charge in [-0.15, -0.1) is 0 Å². The lowest BCUT2D eigenvalue weighted by Crippen LogP contribution is -2.41.